The first-order valence-electron chi connectivity index (χ1n) is 9.70. The lowest BCUT2D eigenvalue weighted by Gasteiger charge is -2.17. The smallest absolute Gasteiger partial charge is 0.434 e. The van der Waals surface area contributed by atoms with Crippen molar-refractivity contribution in [3.05, 3.63) is 71.8 Å². The molecule has 0 aromatic heterocycles. The summed E-state index contributed by atoms with van der Waals surface area (Å²) in [5.41, 5.74) is 1.12. The average Bonchev–Trinajstić information content (AvgIpc) is 2.72. The third-order valence-electron chi connectivity index (χ3n) is 4.33. The Bertz CT molecular complexity index is 682. The molecule has 2 aromatic carbocycles. The molecule has 2 rings (SSSR count). The van der Waals surface area contributed by atoms with Crippen molar-refractivity contribution >= 4 is 11.9 Å². The Labute approximate surface area is 161 Å². The highest BCUT2D eigenvalue weighted by Crippen LogP contribution is 2.23. The van der Waals surface area contributed by atoms with Crippen molar-refractivity contribution in [2.45, 2.75) is 51.6 Å². The van der Waals surface area contributed by atoms with Crippen LogP contribution in [0.1, 0.15) is 67.5 Å². The molecule has 0 saturated heterocycles. The Hall–Kier alpha value is -2.62. The highest BCUT2D eigenvalue weighted by molar-refractivity contribution is 6.00. The van der Waals surface area contributed by atoms with Gasteiger partial charge < -0.3 is 9.47 Å². The van der Waals surface area contributed by atoms with E-state index >= 15 is 0 Å². The Morgan fingerprint density at radius 3 is 2.07 bits per heavy atom. The van der Waals surface area contributed by atoms with Gasteiger partial charge in [0.2, 0.25) is 5.78 Å². The number of unbranched alkanes of at least 4 members (excludes halogenated alkanes) is 5. The maximum absolute atomic E-state index is 12.8. The maximum Gasteiger partial charge on any atom is 0.509 e. The van der Waals surface area contributed by atoms with Crippen molar-refractivity contribution in [2.75, 3.05) is 6.61 Å². The molecule has 0 aliphatic heterocycles. The number of Topliss-reactive ketones (excluding diaryl/α,β-unsaturated/α-hetero) is 1. The van der Waals surface area contributed by atoms with Gasteiger partial charge in [-0.2, -0.15) is 0 Å². The van der Waals surface area contributed by atoms with Crippen molar-refractivity contribution < 1.29 is 19.1 Å². The quantitative estimate of drug-likeness (QED) is 0.272. The molecule has 0 heterocycles. The zero-order chi connectivity index (χ0) is 19.3. The molecule has 1 unspecified atom stereocenters. The van der Waals surface area contributed by atoms with Gasteiger partial charge in [0.1, 0.15) is 0 Å². The van der Waals surface area contributed by atoms with Crippen LogP contribution in [0, 0.1) is 0 Å². The van der Waals surface area contributed by atoms with E-state index in [2.05, 4.69) is 6.92 Å². The number of ether oxygens (including phenoxy) is 2. The fraction of sp³-hybridized carbons (Fsp3) is 0.391. The number of rotatable bonds is 11. The van der Waals surface area contributed by atoms with Gasteiger partial charge in [-0.15, -0.1) is 0 Å². The van der Waals surface area contributed by atoms with Crippen LogP contribution in [0.5, 0.6) is 0 Å². The van der Waals surface area contributed by atoms with Crippen LogP contribution in [0.4, 0.5) is 4.79 Å². The largest absolute Gasteiger partial charge is 0.509 e. The van der Waals surface area contributed by atoms with Gasteiger partial charge in [0, 0.05) is 11.1 Å². The zero-order valence-electron chi connectivity index (χ0n) is 15.9. The van der Waals surface area contributed by atoms with Crippen molar-refractivity contribution in [1.29, 1.82) is 0 Å². The van der Waals surface area contributed by atoms with Crippen LogP contribution >= 0.6 is 0 Å². The SMILES string of the molecule is CCCCCCCCOC(=O)OC(C(=O)c1ccccc1)c1ccccc1. The standard InChI is InChI=1S/C23H28O4/c1-2-3-4-5-6-13-18-26-23(25)27-22(20-16-11-8-12-17-20)21(24)19-14-9-7-10-15-19/h7-12,14-17,22H,2-6,13,18H2,1H3. The molecule has 27 heavy (non-hydrogen) atoms. The molecular weight excluding hydrogens is 340 g/mol. The van der Waals surface area contributed by atoms with Crippen molar-refractivity contribution in [2.24, 2.45) is 0 Å². The summed E-state index contributed by atoms with van der Waals surface area (Å²) in [4.78, 5) is 24.9. The zero-order valence-corrected chi connectivity index (χ0v) is 15.9. The minimum absolute atomic E-state index is 0.265. The second kappa shape index (κ2) is 11.9. The lowest BCUT2D eigenvalue weighted by molar-refractivity contribution is 0.0215. The number of carbonyl (C=O) groups excluding carboxylic acids is 2. The first kappa shape index (κ1) is 20.7. The summed E-state index contributed by atoms with van der Waals surface area (Å²) in [5.74, 6) is -0.265. The highest BCUT2D eigenvalue weighted by atomic mass is 16.7. The number of hydrogen-bond donors (Lipinski definition) is 0. The molecule has 4 nitrogen and oxygen atoms in total. The Kier molecular flexibility index (Phi) is 9.11. The molecule has 0 N–H and O–H groups in total. The van der Waals surface area contributed by atoms with Gasteiger partial charge in [0.15, 0.2) is 6.10 Å². The van der Waals surface area contributed by atoms with E-state index in [0.717, 1.165) is 19.3 Å². The number of ketones is 1. The van der Waals surface area contributed by atoms with Crippen LogP contribution in [0.25, 0.3) is 0 Å². The molecule has 0 bridgehead atoms. The van der Waals surface area contributed by atoms with E-state index in [1.165, 1.54) is 19.3 Å². The van der Waals surface area contributed by atoms with E-state index in [1.54, 1.807) is 36.4 Å². The summed E-state index contributed by atoms with van der Waals surface area (Å²) in [7, 11) is 0. The molecule has 0 fully saturated rings. The Balaban J connectivity index is 1.91. The lowest BCUT2D eigenvalue weighted by Crippen LogP contribution is -2.21. The first-order valence-corrected chi connectivity index (χ1v) is 9.70. The van der Waals surface area contributed by atoms with Gasteiger partial charge in [0.25, 0.3) is 0 Å². The fourth-order valence-corrected chi connectivity index (χ4v) is 2.82. The molecule has 0 aliphatic carbocycles. The van der Waals surface area contributed by atoms with E-state index in [4.69, 9.17) is 9.47 Å². The molecule has 0 spiro atoms. The third-order valence-corrected chi connectivity index (χ3v) is 4.33. The summed E-state index contributed by atoms with van der Waals surface area (Å²) in [6, 6.07) is 17.8. The molecule has 2 aromatic rings. The first-order chi connectivity index (χ1) is 13.2. The second-order valence-corrected chi connectivity index (χ2v) is 6.51. The van der Waals surface area contributed by atoms with E-state index in [0.29, 0.717) is 17.7 Å². The van der Waals surface area contributed by atoms with Gasteiger partial charge >= 0.3 is 6.16 Å². The van der Waals surface area contributed by atoms with Crippen molar-refractivity contribution in [3.8, 4) is 0 Å². The summed E-state index contributed by atoms with van der Waals surface area (Å²) in [5, 5.41) is 0. The summed E-state index contributed by atoms with van der Waals surface area (Å²) in [6.07, 6.45) is 4.82. The predicted molar refractivity (Wildman–Crippen MR) is 106 cm³/mol. The van der Waals surface area contributed by atoms with Gasteiger partial charge in [-0.3, -0.25) is 4.79 Å². The number of hydrogen-bond acceptors (Lipinski definition) is 4. The van der Waals surface area contributed by atoms with Crippen LogP contribution < -0.4 is 0 Å². The molecule has 4 heteroatoms. The summed E-state index contributed by atoms with van der Waals surface area (Å²) in [6.45, 7) is 2.49. The van der Waals surface area contributed by atoms with E-state index in [9.17, 15) is 9.59 Å². The second-order valence-electron chi connectivity index (χ2n) is 6.51. The molecule has 0 saturated carbocycles. The predicted octanol–water partition coefficient (Wildman–Crippen LogP) is 6.12. The molecule has 0 aliphatic rings. The van der Waals surface area contributed by atoms with E-state index in [-0.39, 0.29) is 5.78 Å². The third kappa shape index (κ3) is 7.26. The van der Waals surface area contributed by atoms with Crippen LogP contribution in [-0.4, -0.2) is 18.5 Å². The minimum atomic E-state index is -1.01. The minimum Gasteiger partial charge on any atom is -0.434 e. The number of benzene rings is 2. The van der Waals surface area contributed by atoms with Gasteiger partial charge in [0.05, 0.1) is 6.61 Å². The van der Waals surface area contributed by atoms with Gasteiger partial charge in [-0.05, 0) is 6.42 Å². The molecule has 1 atom stereocenters. The van der Waals surface area contributed by atoms with Crippen LogP contribution in [0.15, 0.2) is 60.7 Å². The van der Waals surface area contributed by atoms with Gasteiger partial charge in [-0.1, -0.05) is 99.7 Å². The summed E-state index contributed by atoms with van der Waals surface area (Å²) >= 11 is 0. The molecule has 0 amide bonds. The average molecular weight is 368 g/mol. The normalized spacial score (nSPS) is 11.6. The molecule has 144 valence electrons. The molecular formula is C23H28O4. The van der Waals surface area contributed by atoms with E-state index in [1.807, 2.05) is 24.3 Å². The van der Waals surface area contributed by atoms with Crippen LogP contribution in [0.2, 0.25) is 0 Å². The van der Waals surface area contributed by atoms with Gasteiger partial charge in [-0.25, -0.2) is 4.79 Å². The number of carbonyl (C=O) groups is 2. The monoisotopic (exact) mass is 368 g/mol. The van der Waals surface area contributed by atoms with Crippen molar-refractivity contribution in [1.82, 2.24) is 0 Å². The summed E-state index contributed by atoms with van der Waals surface area (Å²) < 4.78 is 10.6. The van der Waals surface area contributed by atoms with Crippen molar-refractivity contribution in [3.63, 3.8) is 0 Å². The van der Waals surface area contributed by atoms with Crippen LogP contribution in [0.3, 0.4) is 0 Å². The molecule has 0 radical (unpaired) electrons. The Morgan fingerprint density at radius 1 is 0.815 bits per heavy atom. The van der Waals surface area contributed by atoms with E-state index < -0.39 is 12.3 Å². The topological polar surface area (TPSA) is 52.6 Å². The highest BCUT2D eigenvalue weighted by Gasteiger charge is 2.26. The Morgan fingerprint density at radius 2 is 1.41 bits per heavy atom. The van der Waals surface area contributed by atoms with Crippen LogP contribution in [-0.2, 0) is 9.47 Å². The maximum atomic E-state index is 12.8. The lowest BCUT2D eigenvalue weighted by atomic mass is 10.00. The fourth-order valence-electron chi connectivity index (χ4n) is 2.82.